The fourth-order valence-electron chi connectivity index (χ4n) is 3.04. The lowest BCUT2D eigenvalue weighted by Crippen LogP contribution is -2.24. The summed E-state index contributed by atoms with van der Waals surface area (Å²) >= 11 is 0. The maximum Gasteiger partial charge on any atom is 0.127 e. The van der Waals surface area contributed by atoms with Gasteiger partial charge >= 0.3 is 0 Å². The monoisotopic (exact) mass is 282 g/mol. The molecule has 3 nitrogen and oxygen atoms in total. The van der Waals surface area contributed by atoms with Crippen molar-refractivity contribution in [1.82, 2.24) is 4.98 Å². The Morgan fingerprint density at radius 2 is 1.90 bits per heavy atom. The molecule has 21 heavy (non-hydrogen) atoms. The molecule has 0 bridgehead atoms. The fourth-order valence-corrected chi connectivity index (χ4v) is 3.04. The van der Waals surface area contributed by atoms with Crippen molar-refractivity contribution in [3.05, 3.63) is 46.8 Å². The topological polar surface area (TPSA) is 34.2 Å². The minimum Gasteiger partial charge on any atom is -0.487 e. The summed E-state index contributed by atoms with van der Waals surface area (Å²) in [4.78, 5) is 4.17. The number of pyridine rings is 1. The molecule has 0 saturated carbocycles. The highest BCUT2D eigenvalue weighted by molar-refractivity contribution is 5.73. The van der Waals surface area contributed by atoms with E-state index in [-0.39, 0.29) is 5.60 Å². The molecule has 1 aromatic carbocycles. The Labute approximate surface area is 126 Å². The molecular weight excluding hydrogens is 260 g/mol. The van der Waals surface area contributed by atoms with Crippen LogP contribution in [0.2, 0.25) is 0 Å². The molecule has 1 aromatic heterocycles. The number of aromatic nitrogens is 1. The number of nitrogens with zero attached hydrogens (tertiary/aromatic N) is 1. The SMILES string of the molecule is Cc1c(C)c2c(c(C)c1Nc1cccnc1)CC(C)(C)O2. The van der Waals surface area contributed by atoms with E-state index in [9.17, 15) is 0 Å². The molecule has 2 heterocycles. The number of fused-ring (bicyclic) bond motifs is 1. The molecule has 0 atom stereocenters. The zero-order valence-electron chi connectivity index (χ0n) is 13.4. The normalized spacial score (nSPS) is 15.5. The fraction of sp³-hybridized carbons (Fsp3) is 0.389. The third-order valence-electron chi connectivity index (χ3n) is 4.29. The van der Waals surface area contributed by atoms with Crippen LogP contribution in [0.1, 0.15) is 36.1 Å². The van der Waals surface area contributed by atoms with E-state index in [0.717, 1.165) is 17.9 Å². The summed E-state index contributed by atoms with van der Waals surface area (Å²) in [5.74, 6) is 1.08. The number of benzene rings is 1. The van der Waals surface area contributed by atoms with Crippen molar-refractivity contribution in [2.45, 2.75) is 46.6 Å². The first-order valence-electron chi connectivity index (χ1n) is 7.38. The maximum absolute atomic E-state index is 6.15. The molecule has 3 heteroatoms. The van der Waals surface area contributed by atoms with E-state index in [1.165, 1.54) is 27.9 Å². The first-order valence-corrected chi connectivity index (χ1v) is 7.38. The van der Waals surface area contributed by atoms with Gasteiger partial charge in [0.2, 0.25) is 0 Å². The number of ether oxygens (including phenoxy) is 1. The van der Waals surface area contributed by atoms with Gasteiger partial charge in [0.25, 0.3) is 0 Å². The molecule has 0 fully saturated rings. The van der Waals surface area contributed by atoms with Crippen molar-refractivity contribution >= 4 is 11.4 Å². The molecule has 0 radical (unpaired) electrons. The van der Waals surface area contributed by atoms with Crippen LogP contribution < -0.4 is 10.1 Å². The maximum atomic E-state index is 6.15. The first kappa shape index (κ1) is 13.9. The standard InChI is InChI=1S/C18H22N2O/c1-11-12(2)17-15(9-18(4,5)21-17)13(3)16(11)20-14-7-6-8-19-10-14/h6-8,10,20H,9H2,1-5H3. The van der Waals surface area contributed by atoms with Crippen LogP contribution in [-0.4, -0.2) is 10.6 Å². The number of rotatable bonds is 2. The van der Waals surface area contributed by atoms with Crippen molar-refractivity contribution in [3.63, 3.8) is 0 Å². The quantitative estimate of drug-likeness (QED) is 0.882. The number of hydrogen-bond donors (Lipinski definition) is 1. The average molecular weight is 282 g/mol. The number of nitrogens with one attached hydrogen (secondary N) is 1. The molecule has 0 spiro atoms. The Hall–Kier alpha value is -2.03. The zero-order valence-corrected chi connectivity index (χ0v) is 13.4. The van der Waals surface area contributed by atoms with Crippen LogP contribution in [0.15, 0.2) is 24.5 Å². The predicted molar refractivity (Wildman–Crippen MR) is 86.6 cm³/mol. The summed E-state index contributed by atoms with van der Waals surface area (Å²) in [5.41, 5.74) is 7.16. The van der Waals surface area contributed by atoms with Gasteiger partial charge in [0.05, 0.1) is 11.9 Å². The zero-order chi connectivity index (χ0) is 15.2. The van der Waals surface area contributed by atoms with Gasteiger partial charge in [-0.25, -0.2) is 0 Å². The minimum atomic E-state index is -0.114. The molecule has 2 aromatic rings. The van der Waals surface area contributed by atoms with E-state index in [4.69, 9.17) is 4.74 Å². The van der Waals surface area contributed by atoms with Crippen LogP contribution in [-0.2, 0) is 6.42 Å². The van der Waals surface area contributed by atoms with Crippen LogP contribution >= 0.6 is 0 Å². The summed E-state index contributed by atoms with van der Waals surface area (Å²) in [7, 11) is 0. The molecule has 0 unspecified atom stereocenters. The van der Waals surface area contributed by atoms with E-state index in [2.05, 4.69) is 44.9 Å². The Kier molecular flexibility index (Phi) is 3.16. The third kappa shape index (κ3) is 2.37. The summed E-state index contributed by atoms with van der Waals surface area (Å²) < 4.78 is 6.15. The van der Waals surface area contributed by atoms with Crippen molar-refractivity contribution in [2.75, 3.05) is 5.32 Å². The molecule has 1 N–H and O–H groups in total. The molecule has 1 aliphatic heterocycles. The first-order chi connectivity index (χ1) is 9.89. The van der Waals surface area contributed by atoms with Gasteiger partial charge in [-0.2, -0.15) is 0 Å². The summed E-state index contributed by atoms with van der Waals surface area (Å²) in [6.45, 7) is 10.8. The van der Waals surface area contributed by atoms with E-state index in [1.54, 1.807) is 6.20 Å². The van der Waals surface area contributed by atoms with E-state index < -0.39 is 0 Å². The van der Waals surface area contributed by atoms with Gasteiger partial charge in [-0.3, -0.25) is 4.98 Å². The lowest BCUT2D eigenvalue weighted by atomic mass is 9.92. The van der Waals surface area contributed by atoms with Gasteiger partial charge in [0.1, 0.15) is 11.4 Å². The van der Waals surface area contributed by atoms with Crippen molar-refractivity contribution < 1.29 is 4.74 Å². The van der Waals surface area contributed by atoms with Gasteiger partial charge < -0.3 is 10.1 Å². The summed E-state index contributed by atoms with van der Waals surface area (Å²) in [6.07, 6.45) is 4.59. The molecule has 0 amide bonds. The third-order valence-corrected chi connectivity index (χ3v) is 4.29. The molecule has 110 valence electrons. The van der Waals surface area contributed by atoms with E-state index in [0.29, 0.717) is 0 Å². The highest BCUT2D eigenvalue weighted by Gasteiger charge is 2.34. The van der Waals surface area contributed by atoms with Crippen molar-refractivity contribution in [1.29, 1.82) is 0 Å². The van der Waals surface area contributed by atoms with E-state index in [1.807, 2.05) is 18.3 Å². The summed E-state index contributed by atoms with van der Waals surface area (Å²) in [5, 5.41) is 3.52. The smallest absolute Gasteiger partial charge is 0.127 e. The average Bonchev–Trinajstić information content (AvgIpc) is 2.79. The Morgan fingerprint density at radius 1 is 1.14 bits per heavy atom. The predicted octanol–water partition coefficient (Wildman–Crippen LogP) is 4.46. The lowest BCUT2D eigenvalue weighted by Gasteiger charge is -2.19. The summed E-state index contributed by atoms with van der Waals surface area (Å²) in [6, 6.07) is 3.98. The van der Waals surface area contributed by atoms with Crippen molar-refractivity contribution in [2.24, 2.45) is 0 Å². The van der Waals surface area contributed by atoms with Gasteiger partial charge in [-0.1, -0.05) is 0 Å². The number of anilines is 2. The highest BCUT2D eigenvalue weighted by atomic mass is 16.5. The molecule has 0 aliphatic carbocycles. The molecule has 1 aliphatic rings. The van der Waals surface area contributed by atoms with Gasteiger partial charge in [0, 0.05) is 23.9 Å². The Bertz CT molecular complexity index is 690. The largest absolute Gasteiger partial charge is 0.487 e. The van der Waals surface area contributed by atoms with Crippen LogP contribution in [0, 0.1) is 20.8 Å². The minimum absolute atomic E-state index is 0.114. The molecule has 3 rings (SSSR count). The molecular formula is C18H22N2O. The second-order valence-electron chi connectivity index (χ2n) is 6.46. The van der Waals surface area contributed by atoms with Crippen molar-refractivity contribution in [3.8, 4) is 5.75 Å². The van der Waals surface area contributed by atoms with E-state index >= 15 is 0 Å². The lowest BCUT2D eigenvalue weighted by molar-refractivity contribution is 0.137. The van der Waals surface area contributed by atoms with Gasteiger partial charge in [-0.05, 0) is 63.4 Å². The second-order valence-corrected chi connectivity index (χ2v) is 6.46. The Balaban J connectivity index is 2.10. The number of hydrogen-bond acceptors (Lipinski definition) is 3. The highest BCUT2D eigenvalue weighted by Crippen LogP contribution is 2.44. The van der Waals surface area contributed by atoms with Crippen LogP contribution in [0.25, 0.3) is 0 Å². The second kappa shape index (κ2) is 4.76. The van der Waals surface area contributed by atoms with Crippen LogP contribution in [0.4, 0.5) is 11.4 Å². The van der Waals surface area contributed by atoms with Crippen LogP contribution in [0.5, 0.6) is 5.75 Å². The van der Waals surface area contributed by atoms with Gasteiger partial charge in [0.15, 0.2) is 0 Å². The van der Waals surface area contributed by atoms with Crippen LogP contribution in [0.3, 0.4) is 0 Å². The van der Waals surface area contributed by atoms with Gasteiger partial charge in [-0.15, -0.1) is 0 Å². The Morgan fingerprint density at radius 3 is 2.57 bits per heavy atom. The molecule has 0 saturated heterocycles.